The van der Waals surface area contributed by atoms with E-state index in [9.17, 15) is 42.7 Å². The Balaban J connectivity index is -0.0000000650. The van der Waals surface area contributed by atoms with E-state index in [1.54, 1.807) is 0 Å². The molecule has 0 rings (SSSR count). The van der Waals surface area contributed by atoms with Gasteiger partial charge in [-0.25, -0.2) is 8.42 Å². The Morgan fingerprint density at radius 3 is 1.29 bits per heavy atom. The summed E-state index contributed by atoms with van der Waals surface area (Å²) in [5, 5.41) is 38.9. The van der Waals surface area contributed by atoms with Crippen LogP contribution in [0.5, 0.6) is 0 Å². The van der Waals surface area contributed by atoms with Gasteiger partial charge in [-0.1, -0.05) is 0 Å². The number of rotatable bonds is 7. The van der Waals surface area contributed by atoms with Crippen LogP contribution in [-0.2, 0) is 24.5 Å². The molecule has 0 amide bonds. The summed E-state index contributed by atoms with van der Waals surface area (Å²) in [6.07, 6.45) is -2.72. The van der Waals surface area contributed by atoms with E-state index in [1.807, 2.05) is 0 Å². The van der Waals surface area contributed by atoms with E-state index in [2.05, 4.69) is 0 Å². The summed E-state index contributed by atoms with van der Waals surface area (Å²) in [4.78, 5) is 30.0. The third-order valence-electron chi connectivity index (χ3n) is 1.62. The average molecular weight is 405 g/mol. The molecule has 0 aliphatic carbocycles. The molecule has 24 heavy (non-hydrogen) atoms. The summed E-state index contributed by atoms with van der Waals surface area (Å²) in [6, 6.07) is 0. The van der Waals surface area contributed by atoms with E-state index in [0.717, 1.165) is 0 Å². The number of nitrogens with two attached hydrogens (primary N) is 1. The van der Waals surface area contributed by atoms with Gasteiger partial charge in [-0.2, -0.15) is 0 Å². The Hall–Kier alpha value is 2.24. The fraction of sp³-hybridized carbons (Fsp3) is 0.625. The molecule has 0 spiro atoms. The van der Waals surface area contributed by atoms with E-state index in [4.69, 9.17) is 10.8 Å². The Kier molecular flexibility index (Phi) is 34.0. The number of aliphatic carboxylic acids is 3. The molecule has 16 heteroatoms. The maximum absolute atomic E-state index is 10.1. The Bertz CT molecular complexity index is 455. The quantitative estimate of drug-likeness (QED) is 0.299. The molecule has 0 unspecified atom stereocenters. The molecule has 0 saturated heterocycles. The van der Waals surface area contributed by atoms with Crippen LogP contribution in [0.15, 0.2) is 0 Å². The van der Waals surface area contributed by atoms with Gasteiger partial charge >= 0.3 is 118 Å². The van der Waals surface area contributed by atoms with Gasteiger partial charge in [0.15, 0.2) is 0 Å². The number of hydrogen-bond acceptors (Lipinski definition) is 11. The minimum atomic E-state index is -4.05. The molecule has 118 valence electrons. The van der Waals surface area contributed by atoms with Crippen LogP contribution < -0.4 is 139 Å². The third kappa shape index (κ3) is 26.5. The molecule has 0 bridgehead atoms. The molecule has 0 fully saturated rings. The van der Waals surface area contributed by atoms with Crippen molar-refractivity contribution in [2.75, 3.05) is 12.3 Å². The monoisotopic (exact) mass is 405 g/mol. The second-order valence-corrected chi connectivity index (χ2v) is 4.99. The van der Waals surface area contributed by atoms with Crippen molar-refractivity contribution in [1.82, 2.24) is 0 Å². The second-order valence-electron chi connectivity index (χ2n) is 3.47. The average Bonchev–Trinajstić information content (AvgIpc) is 2.12. The van der Waals surface area contributed by atoms with Crippen molar-refractivity contribution in [3.8, 4) is 0 Å². The van der Waals surface area contributed by atoms with E-state index >= 15 is 0 Å². The summed E-state index contributed by atoms with van der Waals surface area (Å²) in [6.45, 7) is -0.0914. The maximum Gasteiger partial charge on any atom is 1.00 e. The Morgan fingerprint density at radius 2 is 1.21 bits per heavy atom. The predicted octanol–water partition coefficient (Wildman–Crippen LogP) is -18.7. The molecular formula is C8H11NNa4O10S. The van der Waals surface area contributed by atoms with Crippen molar-refractivity contribution in [2.24, 2.45) is 5.73 Å². The van der Waals surface area contributed by atoms with Crippen LogP contribution in [0.3, 0.4) is 0 Å². The zero-order valence-electron chi connectivity index (χ0n) is 13.9. The zero-order valence-corrected chi connectivity index (χ0v) is 22.8. The molecule has 0 aromatic rings. The van der Waals surface area contributed by atoms with E-state index in [0.29, 0.717) is 0 Å². The van der Waals surface area contributed by atoms with E-state index in [-0.39, 0.29) is 125 Å². The minimum absolute atomic E-state index is 0. The predicted molar refractivity (Wildman–Crippen MR) is 52.8 cm³/mol. The van der Waals surface area contributed by atoms with Crippen molar-refractivity contribution in [1.29, 1.82) is 0 Å². The van der Waals surface area contributed by atoms with Crippen LogP contribution in [0.25, 0.3) is 0 Å². The number of carboxylic acids is 3. The third-order valence-corrected chi connectivity index (χ3v) is 2.36. The Labute approximate surface area is 227 Å². The van der Waals surface area contributed by atoms with Crippen molar-refractivity contribution in [3.05, 3.63) is 0 Å². The first-order valence-corrected chi connectivity index (χ1v) is 6.39. The van der Waals surface area contributed by atoms with Crippen LogP contribution in [-0.4, -0.2) is 53.9 Å². The first-order chi connectivity index (χ1) is 8.84. The molecule has 0 aliphatic heterocycles. The largest absolute Gasteiger partial charge is 1.00 e. The van der Waals surface area contributed by atoms with Crippen LogP contribution in [0.1, 0.15) is 12.8 Å². The standard InChI is InChI=1S/C6H8O7.C2H7NO3S.4Na/c7-3(8)1-6(13,5(11)12)2-4(9)10;3-1-2-7(4,5)6;;;;/h13H,1-2H2,(H,7,8)(H,9,10)(H,11,12);1-3H2,(H,4,5,6);;;;/q;;4*+1/p-4. The fourth-order valence-corrected chi connectivity index (χ4v) is 1.12. The van der Waals surface area contributed by atoms with Crippen LogP contribution >= 0.6 is 0 Å². The minimum Gasteiger partial charge on any atom is -0.748 e. The SMILES string of the molecule is NCCS(=O)(=O)[O-].O=C([O-])CC(O)(CC(=O)[O-])C(=O)[O-].[Na+].[Na+].[Na+].[Na+]. The van der Waals surface area contributed by atoms with E-state index in [1.165, 1.54) is 0 Å². The number of aliphatic hydroxyl groups is 1. The summed E-state index contributed by atoms with van der Waals surface area (Å²) in [7, 11) is -4.05. The maximum atomic E-state index is 10.1. The molecule has 0 atom stereocenters. The zero-order chi connectivity index (χ0) is 16.6. The number of carbonyl (C=O) groups excluding carboxylic acids is 3. The molecule has 0 radical (unpaired) electrons. The Morgan fingerprint density at radius 1 is 0.917 bits per heavy atom. The summed E-state index contributed by atoms with van der Waals surface area (Å²) >= 11 is 0. The molecule has 0 heterocycles. The van der Waals surface area contributed by atoms with Gasteiger partial charge in [0, 0.05) is 31.3 Å². The molecule has 11 nitrogen and oxygen atoms in total. The molecular weight excluding hydrogens is 394 g/mol. The summed E-state index contributed by atoms with van der Waals surface area (Å²) in [5.41, 5.74) is 1.76. The second kappa shape index (κ2) is 20.0. The van der Waals surface area contributed by atoms with Gasteiger partial charge in [0.05, 0.1) is 21.8 Å². The van der Waals surface area contributed by atoms with Crippen molar-refractivity contribution in [2.45, 2.75) is 18.4 Å². The molecule has 0 aromatic carbocycles. The van der Waals surface area contributed by atoms with Crippen LogP contribution in [0, 0.1) is 0 Å². The van der Waals surface area contributed by atoms with Gasteiger partial charge in [0.25, 0.3) is 0 Å². The topological polar surface area (TPSA) is 224 Å². The van der Waals surface area contributed by atoms with Crippen molar-refractivity contribution in [3.63, 3.8) is 0 Å². The normalized spacial score (nSPS) is 9.29. The molecule has 0 saturated carbocycles. The van der Waals surface area contributed by atoms with E-state index < -0.39 is 52.2 Å². The summed E-state index contributed by atoms with van der Waals surface area (Å²) < 4.78 is 28.8. The van der Waals surface area contributed by atoms with Gasteiger partial charge in [-0.3, -0.25) is 0 Å². The van der Waals surface area contributed by atoms with Gasteiger partial charge < -0.3 is 45.1 Å². The van der Waals surface area contributed by atoms with Gasteiger partial charge in [0.1, 0.15) is 5.60 Å². The molecule has 3 N–H and O–H groups in total. The number of hydrogen-bond donors (Lipinski definition) is 2. The van der Waals surface area contributed by atoms with Gasteiger partial charge in [0.2, 0.25) is 0 Å². The first-order valence-electron chi connectivity index (χ1n) is 4.81. The number of carbonyl (C=O) groups is 3. The molecule has 0 aromatic heterocycles. The first kappa shape index (κ1) is 40.8. The van der Waals surface area contributed by atoms with Crippen LogP contribution in [0.4, 0.5) is 0 Å². The van der Waals surface area contributed by atoms with Crippen molar-refractivity contribution < 1.29 is 166 Å². The fourth-order valence-electron chi connectivity index (χ4n) is 0.829. The van der Waals surface area contributed by atoms with Gasteiger partial charge in [-0.15, -0.1) is 0 Å². The van der Waals surface area contributed by atoms with Crippen molar-refractivity contribution >= 4 is 28.0 Å². The smallest absolute Gasteiger partial charge is 0.748 e. The van der Waals surface area contributed by atoms with Gasteiger partial charge in [-0.05, 0) is 0 Å². The summed E-state index contributed by atoms with van der Waals surface area (Å²) in [5.74, 6) is -6.45. The molecule has 0 aliphatic rings. The number of carboxylic acid groups (broad SMARTS) is 3. The van der Waals surface area contributed by atoms with Crippen LogP contribution in [0.2, 0.25) is 0 Å².